The van der Waals surface area contributed by atoms with Crippen molar-refractivity contribution in [2.45, 2.75) is 26.7 Å². The molecule has 0 fully saturated rings. The zero-order valence-electron chi connectivity index (χ0n) is 11.1. The summed E-state index contributed by atoms with van der Waals surface area (Å²) in [4.78, 5) is 11.1. The molecule has 3 N–H and O–H groups in total. The number of aryl methyl sites for hydroxylation is 2. The Morgan fingerprint density at radius 2 is 2.05 bits per heavy atom. The molecule has 0 aliphatic carbocycles. The number of anilines is 1. The molecule has 2 aromatic rings. The molecule has 0 saturated carbocycles. The van der Waals surface area contributed by atoms with Crippen LogP contribution in [0.15, 0.2) is 24.3 Å². The van der Waals surface area contributed by atoms with Gasteiger partial charge in [-0.1, -0.05) is 13.8 Å². The van der Waals surface area contributed by atoms with Gasteiger partial charge in [-0.2, -0.15) is 5.10 Å². The van der Waals surface area contributed by atoms with Crippen LogP contribution in [0.3, 0.4) is 0 Å². The summed E-state index contributed by atoms with van der Waals surface area (Å²) in [5.74, 6) is -1.03. The van der Waals surface area contributed by atoms with E-state index >= 15 is 0 Å². The largest absolute Gasteiger partial charge is 0.478 e. The lowest BCUT2D eigenvalue weighted by atomic mass is 10.1. The van der Waals surface area contributed by atoms with Crippen molar-refractivity contribution in [3.63, 3.8) is 0 Å². The number of nitrogens with two attached hydrogens (primary N) is 1. The highest BCUT2D eigenvalue weighted by atomic mass is 16.4. The van der Waals surface area contributed by atoms with Crippen LogP contribution in [-0.2, 0) is 12.8 Å². The number of hydrogen-bond donors (Lipinski definition) is 2. The van der Waals surface area contributed by atoms with E-state index in [0.717, 1.165) is 29.9 Å². The Labute approximate surface area is 111 Å². The molecule has 0 spiro atoms. The number of hydrogen-bond acceptors (Lipinski definition) is 3. The van der Waals surface area contributed by atoms with Gasteiger partial charge in [-0.3, -0.25) is 0 Å². The van der Waals surface area contributed by atoms with E-state index in [2.05, 4.69) is 5.10 Å². The number of carboxylic acids is 1. The van der Waals surface area contributed by atoms with Crippen LogP contribution in [0.5, 0.6) is 0 Å². The minimum Gasteiger partial charge on any atom is -0.478 e. The molecule has 1 aromatic carbocycles. The Bertz CT molecular complexity index is 617. The smallest absolute Gasteiger partial charge is 0.337 e. The van der Waals surface area contributed by atoms with E-state index in [1.165, 1.54) is 0 Å². The number of aromatic carboxylic acids is 1. The van der Waals surface area contributed by atoms with Crippen molar-refractivity contribution in [2.24, 2.45) is 0 Å². The summed E-state index contributed by atoms with van der Waals surface area (Å²) in [6.07, 6.45) is 1.68. The number of rotatable bonds is 4. The average molecular weight is 259 g/mol. The van der Waals surface area contributed by atoms with Crippen molar-refractivity contribution in [3.05, 3.63) is 41.2 Å². The summed E-state index contributed by atoms with van der Waals surface area (Å²) in [7, 11) is 0. The van der Waals surface area contributed by atoms with Gasteiger partial charge in [0.1, 0.15) is 0 Å². The highest BCUT2D eigenvalue weighted by Crippen LogP contribution is 2.19. The molecule has 1 heterocycles. The summed E-state index contributed by atoms with van der Waals surface area (Å²) < 4.78 is 1.78. The van der Waals surface area contributed by atoms with Crippen molar-refractivity contribution < 1.29 is 9.90 Å². The predicted octanol–water partition coefficient (Wildman–Crippen LogP) is 2.28. The Morgan fingerprint density at radius 3 is 2.63 bits per heavy atom. The highest BCUT2D eigenvalue weighted by molar-refractivity contribution is 5.94. The summed E-state index contributed by atoms with van der Waals surface area (Å²) in [5, 5.41) is 13.6. The molecule has 0 unspecified atom stereocenters. The van der Waals surface area contributed by atoms with Gasteiger partial charge in [0.15, 0.2) is 0 Å². The van der Waals surface area contributed by atoms with Crippen LogP contribution < -0.4 is 5.73 Å². The van der Waals surface area contributed by atoms with Gasteiger partial charge in [0.05, 0.1) is 16.9 Å². The van der Waals surface area contributed by atoms with Crippen LogP contribution in [0.4, 0.5) is 5.69 Å². The van der Waals surface area contributed by atoms with Crippen LogP contribution in [0, 0.1) is 0 Å². The Balaban J connectivity index is 2.55. The Kier molecular flexibility index (Phi) is 3.55. The standard InChI is InChI=1S/C14H17N3O2/c1-3-9-7-10(4-2)17(16-9)11-5-6-13(15)12(8-11)14(18)19/h5-8H,3-4,15H2,1-2H3,(H,18,19). The molecule has 5 heteroatoms. The van der Waals surface area contributed by atoms with Gasteiger partial charge in [0, 0.05) is 11.4 Å². The average Bonchev–Trinajstić information content (AvgIpc) is 2.82. The van der Waals surface area contributed by atoms with Crippen molar-refractivity contribution in [1.29, 1.82) is 0 Å². The molecule has 1 aromatic heterocycles. The first kappa shape index (κ1) is 13.1. The van der Waals surface area contributed by atoms with Crippen molar-refractivity contribution in [1.82, 2.24) is 9.78 Å². The maximum absolute atomic E-state index is 11.1. The lowest BCUT2D eigenvalue weighted by molar-refractivity contribution is 0.0698. The SMILES string of the molecule is CCc1cc(CC)n(-c2ccc(N)c(C(=O)O)c2)n1. The molecule has 0 bridgehead atoms. The van der Waals surface area contributed by atoms with Gasteiger partial charge in [0.2, 0.25) is 0 Å². The molecule has 100 valence electrons. The van der Waals surface area contributed by atoms with Gasteiger partial charge in [0.25, 0.3) is 0 Å². The summed E-state index contributed by atoms with van der Waals surface area (Å²) in [6.45, 7) is 4.08. The lowest BCUT2D eigenvalue weighted by Gasteiger charge is -2.08. The predicted molar refractivity (Wildman–Crippen MR) is 73.7 cm³/mol. The van der Waals surface area contributed by atoms with E-state index in [9.17, 15) is 4.79 Å². The molecular weight excluding hydrogens is 242 g/mol. The van der Waals surface area contributed by atoms with E-state index in [4.69, 9.17) is 10.8 Å². The van der Waals surface area contributed by atoms with Crippen LogP contribution in [0.25, 0.3) is 5.69 Å². The molecule has 0 atom stereocenters. The van der Waals surface area contributed by atoms with E-state index < -0.39 is 5.97 Å². The maximum Gasteiger partial charge on any atom is 0.337 e. The monoisotopic (exact) mass is 259 g/mol. The number of carboxylic acid groups (broad SMARTS) is 1. The van der Waals surface area contributed by atoms with Gasteiger partial charge < -0.3 is 10.8 Å². The summed E-state index contributed by atoms with van der Waals surface area (Å²) >= 11 is 0. The van der Waals surface area contributed by atoms with E-state index in [1.807, 2.05) is 19.9 Å². The topological polar surface area (TPSA) is 81.1 Å². The molecule has 5 nitrogen and oxygen atoms in total. The second-order valence-electron chi connectivity index (χ2n) is 4.32. The Morgan fingerprint density at radius 1 is 1.32 bits per heavy atom. The van der Waals surface area contributed by atoms with Gasteiger partial charge in [-0.05, 0) is 37.1 Å². The molecule has 2 rings (SSSR count). The van der Waals surface area contributed by atoms with Crippen molar-refractivity contribution >= 4 is 11.7 Å². The third-order valence-electron chi connectivity index (χ3n) is 3.07. The van der Waals surface area contributed by atoms with E-state index in [0.29, 0.717) is 0 Å². The zero-order valence-corrected chi connectivity index (χ0v) is 11.1. The third-order valence-corrected chi connectivity index (χ3v) is 3.07. The molecular formula is C14H17N3O2. The molecule has 0 amide bonds. The van der Waals surface area contributed by atoms with Crippen LogP contribution >= 0.6 is 0 Å². The number of benzene rings is 1. The lowest BCUT2D eigenvalue weighted by Crippen LogP contribution is -2.07. The first-order chi connectivity index (χ1) is 9.06. The first-order valence-electron chi connectivity index (χ1n) is 6.27. The maximum atomic E-state index is 11.1. The first-order valence-corrected chi connectivity index (χ1v) is 6.27. The Hall–Kier alpha value is -2.30. The molecule has 0 saturated heterocycles. The van der Waals surface area contributed by atoms with Gasteiger partial charge in [-0.15, -0.1) is 0 Å². The molecule has 19 heavy (non-hydrogen) atoms. The van der Waals surface area contributed by atoms with E-state index in [-0.39, 0.29) is 11.3 Å². The third kappa shape index (κ3) is 2.45. The molecule has 0 aliphatic heterocycles. The van der Waals surface area contributed by atoms with Crippen LogP contribution in [0.2, 0.25) is 0 Å². The van der Waals surface area contributed by atoms with E-state index in [1.54, 1.807) is 22.9 Å². The number of carbonyl (C=O) groups is 1. The number of aromatic nitrogens is 2. The van der Waals surface area contributed by atoms with Gasteiger partial charge >= 0.3 is 5.97 Å². The number of nitrogen functional groups attached to an aromatic ring is 1. The summed E-state index contributed by atoms with van der Waals surface area (Å²) in [5.41, 5.74) is 8.80. The van der Waals surface area contributed by atoms with Crippen LogP contribution in [0.1, 0.15) is 35.6 Å². The highest BCUT2D eigenvalue weighted by Gasteiger charge is 2.12. The number of nitrogens with zero attached hydrogens (tertiary/aromatic N) is 2. The fourth-order valence-corrected chi connectivity index (χ4v) is 1.98. The van der Waals surface area contributed by atoms with Crippen LogP contribution in [-0.4, -0.2) is 20.9 Å². The zero-order chi connectivity index (χ0) is 14.0. The fraction of sp³-hybridized carbons (Fsp3) is 0.286. The van der Waals surface area contributed by atoms with Gasteiger partial charge in [-0.25, -0.2) is 9.48 Å². The molecule has 0 radical (unpaired) electrons. The fourth-order valence-electron chi connectivity index (χ4n) is 1.98. The van der Waals surface area contributed by atoms with Crippen molar-refractivity contribution in [3.8, 4) is 5.69 Å². The summed E-state index contributed by atoms with van der Waals surface area (Å²) in [6, 6.07) is 6.99. The second-order valence-corrected chi connectivity index (χ2v) is 4.32. The second kappa shape index (κ2) is 5.14. The minimum atomic E-state index is -1.03. The quantitative estimate of drug-likeness (QED) is 0.825. The molecule has 0 aliphatic rings. The normalized spacial score (nSPS) is 10.6. The minimum absolute atomic E-state index is 0.105. The van der Waals surface area contributed by atoms with Crippen molar-refractivity contribution in [2.75, 3.05) is 5.73 Å².